The van der Waals surface area contributed by atoms with Gasteiger partial charge in [-0.3, -0.25) is 0 Å². The number of ether oxygens (including phenoxy) is 3. The van der Waals surface area contributed by atoms with Crippen LogP contribution in [-0.2, 0) is 4.74 Å². The Morgan fingerprint density at radius 3 is 1.79 bits per heavy atom. The van der Waals surface area contributed by atoms with E-state index in [2.05, 4.69) is 10.8 Å². The normalized spacial score (nSPS) is 13.8. The van der Waals surface area contributed by atoms with Crippen LogP contribution in [0.4, 0.5) is 9.59 Å². The summed E-state index contributed by atoms with van der Waals surface area (Å²) in [4.78, 5) is 23.6. The molecule has 0 atom stereocenters. The first kappa shape index (κ1) is 15.7. The summed E-state index contributed by atoms with van der Waals surface area (Å²) in [6.45, 7) is 0. The lowest BCUT2D eigenvalue weighted by Gasteiger charge is -2.19. The lowest BCUT2D eigenvalue weighted by Crippen LogP contribution is -2.21. The number of carbonyl (C=O) groups excluding carboxylic acids is 2. The Kier molecular flexibility index (Phi) is 2.88. The monoisotopic (exact) mass is 379 g/mol. The Balaban J connectivity index is 1.90. The molecular weight excluding hydrogens is 370 g/mol. The highest BCUT2D eigenvalue weighted by Crippen LogP contribution is 2.46. The van der Waals surface area contributed by atoms with E-state index >= 15 is 0 Å². The number of fused-ring (bicyclic) bond motifs is 2. The number of hydrogen-bond donors (Lipinski definition) is 0. The largest absolute Gasteiger partial charge is 0.524 e. The van der Waals surface area contributed by atoms with Crippen LogP contribution in [0.2, 0.25) is 0 Å². The van der Waals surface area contributed by atoms with Crippen LogP contribution in [-0.4, -0.2) is 12.3 Å². The van der Waals surface area contributed by atoms with Crippen LogP contribution in [0.3, 0.4) is 0 Å². The third-order valence-corrected chi connectivity index (χ3v) is 5.38. The molecule has 29 heavy (non-hydrogen) atoms. The van der Waals surface area contributed by atoms with Crippen molar-refractivity contribution in [2.24, 2.45) is 0 Å². The molecule has 5 aromatic rings. The highest BCUT2D eigenvalue weighted by molar-refractivity contribution is 6.34. The van der Waals surface area contributed by atoms with Gasteiger partial charge >= 0.3 is 12.3 Å². The van der Waals surface area contributed by atoms with Gasteiger partial charge in [0.15, 0.2) is 0 Å². The van der Waals surface area contributed by atoms with E-state index in [0.717, 1.165) is 37.7 Å². The van der Waals surface area contributed by atoms with Crippen molar-refractivity contribution >= 4 is 55.4 Å². The van der Waals surface area contributed by atoms with E-state index in [-0.39, 0.29) is 11.5 Å². The summed E-state index contributed by atoms with van der Waals surface area (Å²) in [6, 6.07) is 18.8. The van der Waals surface area contributed by atoms with Crippen molar-refractivity contribution in [3.63, 3.8) is 0 Å². The Morgan fingerprint density at radius 2 is 1.14 bits per heavy atom. The zero-order valence-electron chi connectivity index (χ0n) is 14.7. The predicted octanol–water partition coefficient (Wildman–Crippen LogP) is 5.64. The molecule has 1 heterocycles. The van der Waals surface area contributed by atoms with Gasteiger partial charge in [-0.15, -0.1) is 0 Å². The summed E-state index contributed by atoms with van der Waals surface area (Å²) in [5.41, 5.74) is 0.605. The maximum Gasteiger partial charge on any atom is 0.524 e. The van der Waals surface area contributed by atoms with Gasteiger partial charge in [0, 0.05) is 10.8 Å². The van der Waals surface area contributed by atoms with Crippen LogP contribution < -0.4 is 9.47 Å². The van der Waals surface area contributed by atoms with Crippen molar-refractivity contribution in [3.8, 4) is 17.6 Å². The van der Waals surface area contributed by atoms with Crippen LogP contribution >= 0.6 is 0 Å². The van der Waals surface area contributed by atoms with Gasteiger partial charge in [-0.25, -0.2) is 9.59 Å². The molecule has 0 fully saturated rings. The Labute approximate surface area is 162 Å². The van der Waals surface area contributed by atoms with Gasteiger partial charge in [0.05, 0.1) is 17.0 Å². The molecule has 1 aliphatic heterocycles. The minimum absolute atomic E-state index is 0.252. The molecule has 0 unspecified atom stereocenters. The maximum absolute atomic E-state index is 11.8. The quantitative estimate of drug-likeness (QED) is 0.114. The van der Waals surface area contributed by atoms with E-state index in [9.17, 15) is 14.9 Å². The topological polar surface area (TPSA) is 85.6 Å². The van der Waals surface area contributed by atoms with Crippen molar-refractivity contribution < 1.29 is 23.8 Å². The van der Waals surface area contributed by atoms with Gasteiger partial charge in [0.25, 0.3) is 0 Å². The summed E-state index contributed by atoms with van der Waals surface area (Å²) >= 11 is 0. The SMILES string of the molecule is N#Cc1ccc2c3ccc4c5c(ccc(c6cccc1c62)c53)OC(=O)OC(=O)O4. The number of carbonyl (C=O) groups is 2. The molecule has 0 amide bonds. The number of nitriles is 1. The third-order valence-electron chi connectivity index (χ3n) is 5.38. The van der Waals surface area contributed by atoms with Crippen molar-refractivity contribution in [1.82, 2.24) is 0 Å². The molecule has 1 aliphatic rings. The molecule has 6 heteroatoms. The third kappa shape index (κ3) is 1.98. The molecule has 0 aliphatic carbocycles. The smallest absolute Gasteiger partial charge is 0.394 e. The Hall–Kier alpha value is -4.37. The van der Waals surface area contributed by atoms with Gasteiger partial charge in [-0.1, -0.05) is 24.3 Å². The fourth-order valence-electron chi connectivity index (χ4n) is 4.29. The molecule has 6 rings (SSSR count). The first-order valence-electron chi connectivity index (χ1n) is 8.83. The average molecular weight is 379 g/mol. The second kappa shape index (κ2) is 5.33. The number of benzene rings is 5. The highest BCUT2D eigenvalue weighted by Gasteiger charge is 2.26. The lowest BCUT2D eigenvalue weighted by molar-refractivity contribution is 0.0880. The van der Waals surface area contributed by atoms with Gasteiger partial charge in [-0.05, 0) is 57.3 Å². The maximum atomic E-state index is 11.8. The molecule has 0 bridgehead atoms. The summed E-state index contributed by atoms with van der Waals surface area (Å²) in [5, 5.41) is 16.5. The minimum atomic E-state index is -1.14. The lowest BCUT2D eigenvalue weighted by atomic mass is 9.88. The molecule has 6 nitrogen and oxygen atoms in total. The first-order valence-corrected chi connectivity index (χ1v) is 8.83. The number of cyclic esters (lactones) is 2. The molecule has 5 aromatic carbocycles. The second-order valence-electron chi connectivity index (χ2n) is 6.78. The van der Waals surface area contributed by atoms with Crippen LogP contribution in [0.1, 0.15) is 5.56 Å². The van der Waals surface area contributed by atoms with E-state index in [4.69, 9.17) is 9.47 Å². The molecular formula is C23H9NO5. The summed E-state index contributed by atoms with van der Waals surface area (Å²) in [7, 11) is 0. The average Bonchev–Trinajstić information content (AvgIpc) is 2.71. The zero-order valence-corrected chi connectivity index (χ0v) is 14.7. The van der Waals surface area contributed by atoms with Crippen LogP contribution in [0, 0.1) is 11.3 Å². The molecule has 0 spiro atoms. The Morgan fingerprint density at radius 1 is 0.586 bits per heavy atom. The van der Waals surface area contributed by atoms with E-state index in [0.29, 0.717) is 10.9 Å². The van der Waals surface area contributed by atoms with Gasteiger partial charge < -0.3 is 14.2 Å². The standard InChI is InChI=1S/C23H9NO5/c24-10-11-4-5-14-16-7-9-18-21-17(27-22(25)29-23(26)28-18)8-6-15(20(16)21)13-3-1-2-12(11)19(13)14/h1-9H. The van der Waals surface area contributed by atoms with Crippen molar-refractivity contribution in [2.45, 2.75) is 0 Å². The molecule has 0 N–H and O–H groups in total. The van der Waals surface area contributed by atoms with Crippen molar-refractivity contribution in [2.75, 3.05) is 0 Å². The molecule has 0 saturated heterocycles. The summed E-state index contributed by atoms with van der Waals surface area (Å²) in [6.07, 6.45) is -2.28. The fraction of sp³-hybridized carbons (Fsp3) is 0. The highest BCUT2D eigenvalue weighted by atomic mass is 16.8. The van der Waals surface area contributed by atoms with E-state index in [1.165, 1.54) is 0 Å². The van der Waals surface area contributed by atoms with Crippen molar-refractivity contribution in [1.29, 1.82) is 5.26 Å². The summed E-state index contributed by atoms with van der Waals surface area (Å²) in [5.74, 6) is 0.504. The number of hydrogen-bond acceptors (Lipinski definition) is 6. The van der Waals surface area contributed by atoms with E-state index in [1.807, 2.05) is 36.4 Å². The number of rotatable bonds is 0. The van der Waals surface area contributed by atoms with Crippen LogP contribution in [0.5, 0.6) is 11.5 Å². The van der Waals surface area contributed by atoms with E-state index < -0.39 is 12.3 Å². The number of nitrogens with zero attached hydrogens (tertiary/aromatic N) is 1. The van der Waals surface area contributed by atoms with Crippen LogP contribution in [0.15, 0.2) is 54.6 Å². The fourth-order valence-corrected chi connectivity index (χ4v) is 4.29. The minimum Gasteiger partial charge on any atom is -0.394 e. The molecule has 136 valence electrons. The van der Waals surface area contributed by atoms with Crippen molar-refractivity contribution in [3.05, 3.63) is 60.2 Å². The van der Waals surface area contributed by atoms with Gasteiger partial charge in [0.2, 0.25) is 0 Å². The molecule has 0 radical (unpaired) electrons. The molecule has 0 aromatic heterocycles. The van der Waals surface area contributed by atoms with E-state index in [1.54, 1.807) is 18.2 Å². The second-order valence-corrected chi connectivity index (χ2v) is 6.78. The molecule has 0 saturated carbocycles. The van der Waals surface area contributed by atoms with Crippen LogP contribution in [0.25, 0.3) is 43.1 Å². The van der Waals surface area contributed by atoms with Gasteiger partial charge in [0.1, 0.15) is 11.5 Å². The first-order chi connectivity index (χ1) is 14.2. The predicted molar refractivity (Wildman–Crippen MR) is 106 cm³/mol. The zero-order chi connectivity index (χ0) is 19.7. The van der Waals surface area contributed by atoms with Gasteiger partial charge in [-0.2, -0.15) is 5.26 Å². The summed E-state index contributed by atoms with van der Waals surface area (Å²) < 4.78 is 15.0. The Bertz CT molecular complexity index is 1510.